The predicted molar refractivity (Wildman–Crippen MR) is 80.1 cm³/mol. The highest BCUT2D eigenvalue weighted by atomic mass is 79.9. The molecule has 1 heterocycles. The molecule has 1 aromatic carbocycles. The summed E-state index contributed by atoms with van der Waals surface area (Å²) in [5.74, 6) is -0.0572. The van der Waals surface area contributed by atoms with Crippen LogP contribution in [0.4, 0.5) is 11.4 Å². The van der Waals surface area contributed by atoms with Gasteiger partial charge in [-0.25, -0.2) is 0 Å². The van der Waals surface area contributed by atoms with Crippen molar-refractivity contribution < 1.29 is 4.79 Å². The third-order valence-corrected chi connectivity index (χ3v) is 4.28. The zero-order valence-electron chi connectivity index (χ0n) is 9.87. The van der Waals surface area contributed by atoms with E-state index in [0.717, 1.165) is 22.4 Å². The first-order valence-electron chi connectivity index (χ1n) is 5.48. The zero-order valence-corrected chi connectivity index (χ0v) is 12.3. The van der Waals surface area contributed by atoms with Gasteiger partial charge in [-0.1, -0.05) is 0 Å². The largest absolute Gasteiger partial charge is 0.380 e. The standard InChI is InChI=1S/C13H13BrN2OS/c1-9(17)16-11-4-2-10(3-5-11)15-8-13-12(14)6-7-18-13/h2-7,15H,8H2,1H3,(H,16,17). The summed E-state index contributed by atoms with van der Waals surface area (Å²) in [6.07, 6.45) is 0. The van der Waals surface area contributed by atoms with Crippen LogP contribution in [0, 0.1) is 0 Å². The molecule has 0 saturated carbocycles. The molecule has 0 atom stereocenters. The number of anilines is 2. The van der Waals surface area contributed by atoms with Crippen LogP contribution in [0.1, 0.15) is 11.8 Å². The Morgan fingerprint density at radius 1 is 1.22 bits per heavy atom. The molecule has 5 heteroatoms. The Morgan fingerprint density at radius 2 is 1.89 bits per heavy atom. The molecule has 0 fully saturated rings. The number of amides is 1. The fourth-order valence-electron chi connectivity index (χ4n) is 1.51. The van der Waals surface area contributed by atoms with Crippen LogP contribution >= 0.6 is 27.3 Å². The first-order chi connectivity index (χ1) is 8.65. The van der Waals surface area contributed by atoms with Crippen molar-refractivity contribution in [1.82, 2.24) is 0 Å². The number of rotatable bonds is 4. The third-order valence-electron chi connectivity index (χ3n) is 2.35. The van der Waals surface area contributed by atoms with E-state index in [1.54, 1.807) is 11.3 Å². The minimum absolute atomic E-state index is 0.0572. The highest BCUT2D eigenvalue weighted by Gasteiger charge is 2.01. The molecule has 0 aliphatic heterocycles. The predicted octanol–water partition coefficient (Wildman–Crippen LogP) is 4.08. The molecule has 3 nitrogen and oxygen atoms in total. The van der Waals surface area contributed by atoms with Crippen LogP contribution in [-0.2, 0) is 11.3 Å². The van der Waals surface area contributed by atoms with E-state index in [-0.39, 0.29) is 5.91 Å². The van der Waals surface area contributed by atoms with Gasteiger partial charge in [0, 0.05) is 27.6 Å². The summed E-state index contributed by atoms with van der Waals surface area (Å²) in [6, 6.07) is 9.71. The van der Waals surface area contributed by atoms with Gasteiger partial charge in [0.1, 0.15) is 0 Å². The summed E-state index contributed by atoms with van der Waals surface area (Å²) in [4.78, 5) is 12.2. The average Bonchev–Trinajstić information content (AvgIpc) is 2.73. The van der Waals surface area contributed by atoms with E-state index in [1.807, 2.05) is 30.3 Å². The van der Waals surface area contributed by atoms with Crippen molar-refractivity contribution in [1.29, 1.82) is 0 Å². The van der Waals surface area contributed by atoms with E-state index in [0.29, 0.717) is 0 Å². The number of halogens is 1. The molecule has 0 aliphatic rings. The minimum atomic E-state index is -0.0572. The third kappa shape index (κ3) is 3.58. The van der Waals surface area contributed by atoms with Crippen molar-refractivity contribution in [3.63, 3.8) is 0 Å². The number of hydrogen-bond donors (Lipinski definition) is 2. The number of carbonyl (C=O) groups excluding carboxylic acids is 1. The van der Waals surface area contributed by atoms with Crippen LogP contribution in [-0.4, -0.2) is 5.91 Å². The fourth-order valence-corrected chi connectivity index (χ4v) is 2.94. The van der Waals surface area contributed by atoms with Gasteiger partial charge in [0.2, 0.25) is 5.91 Å². The number of hydrogen-bond acceptors (Lipinski definition) is 3. The number of benzene rings is 1. The van der Waals surface area contributed by atoms with Crippen LogP contribution < -0.4 is 10.6 Å². The van der Waals surface area contributed by atoms with E-state index in [2.05, 4.69) is 31.9 Å². The molecule has 1 aromatic heterocycles. The maximum atomic E-state index is 10.9. The molecule has 1 amide bonds. The lowest BCUT2D eigenvalue weighted by Gasteiger charge is -2.07. The molecule has 0 radical (unpaired) electrons. The fraction of sp³-hybridized carbons (Fsp3) is 0.154. The second kappa shape index (κ2) is 6.02. The van der Waals surface area contributed by atoms with Gasteiger partial charge in [0.05, 0.1) is 6.54 Å². The SMILES string of the molecule is CC(=O)Nc1ccc(NCc2sccc2Br)cc1. The van der Waals surface area contributed by atoms with Crippen molar-refractivity contribution in [3.8, 4) is 0 Å². The Morgan fingerprint density at radius 3 is 2.44 bits per heavy atom. The van der Waals surface area contributed by atoms with Gasteiger partial charge >= 0.3 is 0 Å². The summed E-state index contributed by atoms with van der Waals surface area (Å²) in [5.41, 5.74) is 1.84. The molecule has 2 aromatic rings. The Kier molecular flexibility index (Phi) is 4.38. The number of thiophene rings is 1. The Hall–Kier alpha value is -1.33. The van der Waals surface area contributed by atoms with Crippen LogP contribution in [0.15, 0.2) is 40.2 Å². The van der Waals surface area contributed by atoms with Crippen LogP contribution in [0.5, 0.6) is 0 Å². The van der Waals surface area contributed by atoms with Crippen LogP contribution in [0.3, 0.4) is 0 Å². The lowest BCUT2D eigenvalue weighted by Crippen LogP contribution is -2.05. The molecule has 0 spiro atoms. The topological polar surface area (TPSA) is 41.1 Å². The van der Waals surface area contributed by atoms with E-state index < -0.39 is 0 Å². The quantitative estimate of drug-likeness (QED) is 0.889. The minimum Gasteiger partial charge on any atom is -0.380 e. The molecule has 94 valence electrons. The monoisotopic (exact) mass is 324 g/mol. The first kappa shape index (κ1) is 13.1. The molecule has 2 rings (SSSR count). The lowest BCUT2D eigenvalue weighted by molar-refractivity contribution is -0.114. The number of nitrogens with one attached hydrogen (secondary N) is 2. The Labute approximate surface area is 118 Å². The number of carbonyl (C=O) groups is 1. The summed E-state index contributed by atoms with van der Waals surface area (Å²) < 4.78 is 1.13. The summed E-state index contributed by atoms with van der Waals surface area (Å²) in [6.45, 7) is 2.29. The van der Waals surface area contributed by atoms with Crippen molar-refractivity contribution in [2.45, 2.75) is 13.5 Å². The van der Waals surface area contributed by atoms with Gasteiger partial charge in [0.25, 0.3) is 0 Å². The van der Waals surface area contributed by atoms with Gasteiger partial charge in [-0.2, -0.15) is 0 Å². The highest BCUT2D eigenvalue weighted by molar-refractivity contribution is 9.10. The maximum absolute atomic E-state index is 10.9. The summed E-state index contributed by atoms with van der Waals surface area (Å²) in [7, 11) is 0. The lowest BCUT2D eigenvalue weighted by atomic mass is 10.2. The van der Waals surface area contributed by atoms with Gasteiger partial charge in [-0.05, 0) is 51.6 Å². The molecule has 0 saturated heterocycles. The van der Waals surface area contributed by atoms with Gasteiger partial charge < -0.3 is 10.6 Å². The second-order valence-electron chi connectivity index (χ2n) is 3.80. The molecular formula is C13H13BrN2OS. The smallest absolute Gasteiger partial charge is 0.221 e. The van der Waals surface area contributed by atoms with Crippen molar-refractivity contribution >= 4 is 44.5 Å². The molecule has 18 heavy (non-hydrogen) atoms. The molecule has 0 unspecified atom stereocenters. The molecule has 2 N–H and O–H groups in total. The summed E-state index contributed by atoms with van der Waals surface area (Å²) in [5, 5.41) is 8.13. The molecular weight excluding hydrogens is 312 g/mol. The maximum Gasteiger partial charge on any atom is 0.221 e. The van der Waals surface area contributed by atoms with E-state index in [4.69, 9.17) is 0 Å². The van der Waals surface area contributed by atoms with Gasteiger partial charge in [-0.3, -0.25) is 4.79 Å². The second-order valence-corrected chi connectivity index (χ2v) is 5.66. The first-order valence-corrected chi connectivity index (χ1v) is 7.16. The molecule has 0 bridgehead atoms. The van der Waals surface area contributed by atoms with E-state index >= 15 is 0 Å². The summed E-state index contributed by atoms with van der Waals surface area (Å²) >= 11 is 5.22. The average molecular weight is 325 g/mol. The normalized spacial score (nSPS) is 10.1. The van der Waals surface area contributed by atoms with Gasteiger partial charge in [-0.15, -0.1) is 11.3 Å². The van der Waals surface area contributed by atoms with E-state index in [9.17, 15) is 4.79 Å². The molecule has 0 aliphatic carbocycles. The Bertz CT molecular complexity index is 536. The van der Waals surface area contributed by atoms with E-state index in [1.165, 1.54) is 11.8 Å². The van der Waals surface area contributed by atoms with Crippen molar-refractivity contribution in [3.05, 3.63) is 45.1 Å². The van der Waals surface area contributed by atoms with Crippen LogP contribution in [0.2, 0.25) is 0 Å². The zero-order chi connectivity index (χ0) is 13.0. The van der Waals surface area contributed by atoms with Gasteiger partial charge in [0.15, 0.2) is 0 Å². The van der Waals surface area contributed by atoms with Crippen molar-refractivity contribution in [2.24, 2.45) is 0 Å². The Balaban J connectivity index is 1.94. The van der Waals surface area contributed by atoms with Crippen LogP contribution in [0.25, 0.3) is 0 Å². The highest BCUT2D eigenvalue weighted by Crippen LogP contribution is 2.24. The van der Waals surface area contributed by atoms with Crippen molar-refractivity contribution in [2.75, 3.05) is 10.6 Å².